The van der Waals surface area contributed by atoms with Crippen LogP contribution in [0.25, 0.3) is 0 Å². The number of hydrogen-bond acceptors (Lipinski definition) is 7. The SMILES string of the molecule is N=Nc1ccc(C(=O)NCCSSc2ccccn2)c(O)c1. The summed E-state index contributed by atoms with van der Waals surface area (Å²) in [6, 6.07) is 9.95. The Morgan fingerprint density at radius 2 is 2.23 bits per heavy atom. The number of nitrogens with one attached hydrogen (secondary N) is 2. The molecule has 1 aromatic heterocycles. The van der Waals surface area contributed by atoms with Crippen LogP contribution in [0.1, 0.15) is 10.4 Å². The van der Waals surface area contributed by atoms with Crippen LogP contribution in [-0.2, 0) is 0 Å². The van der Waals surface area contributed by atoms with Crippen molar-refractivity contribution in [3.63, 3.8) is 0 Å². The number of aromatic hydroxyl groups is 1. The first-order chi connectivity index (χ1) is 10.7. The van der Waals surface area contributed by atoms with Gasteiger partial charge in [0.1, 0.15) is 10.8 Å². The van der Waals surface area contributed by atoms with Crippen LogP contribution < -0.4 is 5.32 Å². The Morgan fingerprint density at radius 3 is 2.91 bits per heavy atom. The van der Waals surface area contributed by atoms with E-state index in [1.807, 2.05) is 18.2 Å². The third kappa shape index (κ3) is 4.74. The van der Waals surface area contributed by atoms with Crippen molar-refractivity contribution in [1.29, 1.82) is 5.53 Å². The third-order valence-corrected chi connectivity index (χ3v) is 4.87. The van der Waals surface area contributed by atoms with Crippen LogP contribution in [0.2, 0.25) is 0 Å². The van der Waals surface area contributed by atoms with E-state index in [1.54, 1.807) is 27.8 Å². The van der Waals surface area contributed by atoms with Crippen molar-refractivity contribution in [1.82, 2.24) is 10.3 Å². The van der Waals surface area contributed by atoms with Gasteiger partial charge in [0.25, 0.3) is 5.91 Å². The van der Waals surface area contributed by atoms with Gasteiger partial charge in [0.2, 0.25) is 0 Å². The van der Waals surface area contributed by atoms with Gasteiger partial charge in [-0.25, -0.2) is 10.5 Å². The van der Waals surface area contributed by atoms with E-state index in [9.17, 15) is 9.90 Å². The zero-order chi connectivity index (χ0) is 15.8. The number of carbonyl (C=O) groups excluding carboxylic acids is 1. The first-order valence-electron chi connectivity index (χ1n) is 6.40. The molecule has 6 nitrogen and oxygen atoms in total. The molecular weight excluding hydrogens is 320 g/mol. The molecule has 0 radical (unpaired) electrons. The molecule has 2 aromatic rings. The summed E-state index contributed by atoms with van der Waals surface area (Å²) in [5.41, 5.74) is 7.33. The molecule has 1 aromatic carbocycles. The maximum Gasteiger partial charge on any atom is 0.255 e. The molecule has 1 heterocycles. The van der Waals surface area contributed by atoms with Crippen molar-refractivity contribution in [2.75, 3.05) is 12.3 Å². The highest BCUT2D eigenvalue weighted by molar-refractivity contribution is 8.76. The summed E-state index contributed by atoms with van der Waals surface area (Å²) >= 11 is 0. The first-order valence-corrected chi connectivity index (χ1v) is 8.72. The summed E-state index contributed by atoms with van der Waals surface area (Å²) in [7, 11) is 3.14. The molecule has 0 aliphatic rings. The van der Waals surface area contributed by atoms with Gasteiger partial charge < -0.3 is 10.4 Å². The van der Waals surface area contributed by atoms with Crippen LogP contribution in [0.15, 0.2) is 52.7 Å². The van der Waals surface area contributed by atoms with Crippen molar-refractivity contribution in [3.8, 4) is 5.75 Å². The number of nitrogens with zero attached hydrogens (tertiary/aromatic N) is 2. The smallest absolute Gasteiger partial charge is 0.255 e. The standard InChI is InChI=1S/C14H14N4O2S2/c15-18-10-4-5-11(12(19)9-10)14(20)17-7-8-21-22-13-3-1-2-6-16-13/h1-6,9,15,19H,7-8H2,(H,17,20). The normalized spacial score (nSPS) is 10.2. The van der Waals surface area contributed by atoms with Crippen LogP contribution in [0.4, 0.5) is 5.69 Å². The van der Waals surface area contributed by atoms with Crippen molar-refractivity contribution in [2.45, 2.75) is 5.03 Å². The Labute approximate surface area is 135 Å². The second-order valence-electron chi connectivity index (χ2n) is 4.14. The summed E-state index contributed by atoms with van der Waals surface area (Å²) in [6.45, 7) is 0.480. The summed E-state index contributed by atoms with van der Waals surface area (Å²) in [4.78, 5) is 16.1. The fraction of sp³-hybridized carbons (Fsp3) is 0.143. The molecule has 0 saturated carbocycles. The minimum absolute atomic E-state index is 0.176. The quantitative estimate of drug-likeness (QED) is 0.408. The number of phenolic OH excluding ortho intramolecular Hbond substituents is 1. The maximum atomic E-state index is 11.9. The van der Waals surface area contributed by atoms with Crippen molar-refractivity contribution in [3.05, 3.63) is 48.2 Å². The predicted octanol–water partition coefficient (Wildman–Crippen LogP) is 3.62. The summed E-state index contributed by atoms with van der Waals surface area (Å²) < 4.78 is 0. The number of amides is 1. The van der Waals surface area contributed by atoms with Crippen LogP contribution in [-0.4, -0.2) is 28.3 Å². The lowest BCUT2D eigenvalue weighted by molar-refractivity contribution is 0.0953. The van der Waals surface area contributed by atoms with Gasteiger partial charge in [0.05, 0.1) is 11.3 Å². The van der Waals surface area contributed by atoms with Gasteiger partial charge in [0.15, 0.2) is 0 Å². The van der Waals surface area contributed by atoms with Gasteiger partial charge in [-0.3, -0.25) is 4.79 Å². The summed E-state index contributed by atoms with van der Waals surface area (Å²) in [6.07, 6.45) is 1.74. The van der Waals surface area contributed by atoms with Gasteiger partial charge >= 0.3 is 0 Å². The van der Waals surface area contributed by atoms with Crippen LogP contribution in [0, 0.1) is 5.53 Å². The number of aromatic nitrogens is 1. The van der Waals surface area contributed by atoms with Gasteiger partial charge in [-0.15, -0.1) is 0 Å². The maximum absolute atomic E-state index is 11.9. The van der Waals surface area contributed by atoms with E-state index in [0.717, 1.165) is 5.03 Å². The first kappa shape index (κ1) is 16.3. The van der Waals surface area contributed by atoms with Crippen molar-refractivity contribution < 1.29 is 9.90 Å². The lowest BCUT2D eigenvalue weighted by Crippen LogP contribution is -2.25. The highest BCUT2D eigenvalue weighted by Gasteiger charge is 2.11. The Balaban J connectivity index is 1.75. The van der Waals surface area contributed by atoms with Crippen LogP contribution in [0.5, 0.6) is 5.75 Å². The van der Waals surface area contributed by atoms with Gasteiger partial charge in [0, 0.05) is 24.6 Å². The molecule has 0 unspecified atom stereocenters. The van der Waals surface area contributed by atoms with Crippen molar-refractivity contribution in [2.24, 2.45) is 5.11 Å². The molecule has 0 aliphatic carbocycles. The topological polar surface area (TPSA) is 98.4 Å². The zero-order valence-electron chi connectivity index (χ0n) is 11.5. The highest BCUT2D eigenvalue weighted by Crippen LogP contribution is 2.28. The van der Waals surface area contributed by atoms with Gasteiger partial charge in [-0.05, 0) is 35.1 Å². The van der Waals surface area contributed by atoms with E-state index in [-0.39, 0.29) is 17.2 Å². The summed E-state index contributed by atoms with van der Waals surface area (Å²) in [5.74, 6) is 0.187. The second-order valence-corrected chi connectivity index (χ2v) is 6.58. The number of pyridine rings is 1. The fourth-order valence-electron chi connectivity index (χ4n) is 1.58. The molecule has 0 fully saturated rings. The zero-order valence-corrected chi connectivity index (χ0v) is 13.2. The molecule has 8 heteroatoms. The molecular formula is C14H14N4O2S2. The second kappa shape index (κ2) is 8.40. The molecule has 0 saturated heterocycles. The molecule has 0 aliphatic heterocycles. The minimum atomic E-state index is -0.350. The Kier molecular flexibility index (Phi) is 6.23. The van der Waals surface area contributed by atoms with E-state index in [2.05, 4.69) is 15.4 Å². The molecule has 3 N–H and O–H groups in total. The minimum Gasteiger partial charge on any atom is -0.507 e. The lowest BCUT2D eigenvalue weighted by atomic mass is 10.1. The molecule has 2 rings (SSSR count). The average molecular weight is 334 g/mol. The molecule has 0 spiro atoms. The number of carbonyl (C=O) groups is 1. The number of hydrogen-bond donors (Lipinski definition) is 3. The van der Waals surface area contributed by atoms with Crippen LogP contribution in [0.3, 0.4) is 0 Å². The van der Waals surface area contributed by atoms with Gasteiger partial charge in [-0.2, -0.15) is 5.11 Å². The van der Waals surface area contributed by atoms with E-state index in [4.69, 9.17) is 5.53 Å². The highest BCUT2D eigenvalue weighted by atomic mass is 33.1. The Morgan fingerprint density at radius 1 is 1.36 bits per heavy atom. The average Bonchev–Trinajstić information content (AvgIpc) is 2.55. The van der Waals surface area contributed by atoms with E-state index >= 15 is 0 Å². The Bertz CT molecular complexity index is 653. The molecule has 0 atom stereocenters. The molecule has 114 valence electrons. The van der Waals surface area contributed by atoms with E-state index in [1.165, 1.54) is 18.2 Å². The molecule has 22 heavy (non-hydrogen) atoms. The fourth-order valence-corrected chi connectivity index (χ4v) is 3.37. The summed E-state index contributed by atoms with van der Waals surface area (Å²) in [5, 5.41) is 16.6. The Hall–Kier alpha value is -2.06. The van der Waals surface area contributed by atoms with E-state index < -0.39 is 0 Å². The monoisotopic (exact) mass is 334 g/mol. The number of rotatable bonds is 7. The lowest BCUT2D eigenvalue weighted by Gasteiger charge is -2.06. The molecule has 1 amide bonds. The van der Waals surface area contributed by atoms with Crippen LogP contribution >= 0.6 is 21.6 Å². The number of phenols is 1. The largest absolute Gasteiger partial charge is 0.507 e. The third-order valence-electron chi connectivity index (χ3n) is 2.61. The van der Waals surface area contributed by atoms with E-state index in [0.29, 0.717) is 18.0 Å². The molecule has 0 bridgehead atoms. The predicted molar refractivity (Wildman–Crippen MR) is 87.8 cm³/mol. The van der Waals surface area contributed by atoms with Gasteiger partial charge in [-0.1, -0.05) is 16.9 Å². The van der Waals surface area contributed by atoms with Crippen molar-refractivity contribution >= 4 is 33.2 Å². The number of benzene rings is 1.